The molecule has 9 heteroatoms. The molecule has 138 valence electrons. The number of nitro groups is 1. The molecule has 0 N–H and O–H groups in total. The molecule has 0 spiro atoms. The van der Waals surface area contributed by atoms with Gasteiger partial charge >= 0.3 is 5.97 Å². The van der Waals surface area contributed by atoms with Crippen LogP contribution in [0.1, 0.15) is 11.5 Å². The Hall–Kier alpha value is -3.20. The van der Waals surface area contributed by atoms with Gasteiger partial charge in [0, 0.05) is 22.6 Å². The first-order valence-electron chi connectivity index (χ1n) is 7.94. The first-order chi connectivity index (χ1) is 13.0. The third kappa shape index (κ3) is 4.91. The van der Waals surface area contributed by atoms with Crippen LogP contribution in [-0.4, -0.2) is 26.8 Å². The molecule has 27 heavy (non-hydrogen) atoms. The molecule has 1 heterocycles. The highest BCUT2D eigenvalue weighted by molar-refractivity contribution is 8.00. The second kappa shape index (κ2) is 8.45. The lowest BCUT2D eigenvalue weighted by Gasteiger charge is -2.02. The van der Waals surface area contributed by atoms with E-state index in [0.29, 0.717) is 5.82 Å². The maximum Gasteiger partial charge on any atom is 0.316 e. The van der Waals surface area contributed by atoms with Crippen LogP contribution >= 0.6 is 11.8 Å². The molecule has 0 saturated heterocycles. The summed E-state index contributed by atoms with van der Waals surface area (Å²) >= 11 is 1.22. The van der Waals surface area contributed by atoms with Gasteiger partial charge in [0.2, 0.25) is 5.82 Å². The monoisotopic (exact) mass is 385 g/mol. The summed E-state index contributed by atoms with van der Waals surface area (Å²) in [6.07, 6.45) is 0. The van der Waals surface area contributed by atoms with Gasteiger partial charge in [-0.15, -0.1) is 11.8 Å². The van der Waals surface area contributed by atoms with Crippen molar-refractivity contribution in [2.24, 2.45) is 0 Å². The van der Waals surface area contributed by atoms with Gasteiger partial charge in [0.25, 0.3) is 11.6 Å². The number of esters is 1. The Morgan fingerprint density at radius 3 is 2.67 bits per heavy atom. The van der Waals surface area contributed by atoms with Crippen molar-refractivity contribution in [3.05, 3.63) is 70.1 Å². The number of aryl methyl sites for hydroxylation is 1. The fourth-order valence-electron chi connectivity index (χ4n) is 2.24. The van der Waals surface area contributed by atoms with Crippen LogP contribution in [0.3, 0.4) is 0 Å². The fourth-order valence-corrected chi connectivity index (χ4v) is 2.93. The molecule has 0 aliphatic heterocycles. The van der Waals surface area contributed by atoms with Crippen molar-refractivity contribution < 1.29 is 19.0 Å². The van der Waals surface area contributed by atoms with Gasteiger partial charge in [-0.2, -0.15) is 4.98 Å². The molecule has 1 aromatic heterocycles. The number of thioether (sulfide) groups is 1. The Balaban J connectivity index is 1.49. The van der Waals surface area contributed by atoms with Gasteiger partial charge < -0.3 is 9.26 Å². The maximum atomic E-state index is 11.9. The quantitative estimate of drug-likeness (QED) is 0.262. The van der Waals surface area contributed by atoms with Crippen LogP contribution in [0.4, 0.5) is 5.69 Å². The van der Waals surface area contributed by atoms with Gasteiger partial charge in [-0.3, -0.25) is 14.9 Å². The minimum atomic E-state index is -0.474. The second-order valence-electron chi connectivity index (χ2n) is 5.53. The lowest BCUT2D eigenvalue weighted by atomic mass is 10.1. The first-order valence-corrected chi connectivity index (χ1v) is 8.93. The Morgan fingerprint density at radius 2 is 1.96 bits per heavy atom. The van der Waals surface area contributed by atoms with E-state index >= 15 is 0 Å². The van der Waals surface area contributed by atoms with Crippen LogP contribution in [-0.2, 0) is 16.1 Å². The van der Waals surface area contributed by atoms with E-state index in [4.69, 9.17) is 9.26 Å². The minimum absolute atomic E-state index is 0.00257. The fraction of sp³-hybridized carbons (Fsp3) is 0.167. The van der Waals surface area contributed by atoms with E-state index in [9.17, 15) is 14.9 Å². The highest BCUT2D eigenvalue weighted by Gasteiger charge is 2.13. The molecular weight excluding hydrogens is 370 g/mol. The summed E-state index contributed by atoms with van der Waals surface area (Å²) in [5.41, 5.74) is 1.87. The summed E-state index contributed by atoms with van der Waals surface area (Å²) in [7, 11) is 0. The van der Waals surface area contributed by atoms with E-state index < -0.39 is 10.9 Å². The van der Waals surface area contributed by atoms with E-state index in [-0.39, 0.29) is 23.9 Å². The summed E-state index contributed by atoms with van der Waals surface area (Å²) in [6.45, 7) is 1.83. The predicted molar refractivity (Wildman–Crippen MR) is 98.1 cm³/mol. The Labute approximate surface area is 158 Å². The zero-order chi connectivity index (χ0) is 19.2. The Morgan fingerprint density at radius 1 is 1.22 bits per heavy atom. The molecule has 0 unspecified atom stereocenters. The second-order valence-corrected chi connectivity index (χ2v) is 6.58. The van der Waals surface area contributed by atoms with E-state index in [0.717, 1.165) is 16.0 Å². The van der Waals surface area contributed by atoms with Crippen molar-refractivity contribution in [3.8, 4) is 11.4 Å². The number of nitrogens with zero attached hydrogens (tertiary/aromatic N) is 3. The van der Waals surface area contributed by atoms with Gasteiger partial charge in [0.15, 0.2) is 6.61 Å². The topological polar surface area (TPSA) is 108 Å². The average molecular weight is 385 g/mol. The van der Waals surface area contributed by atoms with E-state index in [2.05, 4.69) is 10.1 Å². The number of hydrogen-bond donors (Lipinski definition) is 0. The summed E-state index contributed by atoms with van der Waals surface area (Å²) in [4.78, 5) is 27.0. The molecule has 0 bridgehead atoms. The number of benzene rings is 2. The molecule has 0 aliphatic rings. The number of ether oxygens (including phenoxy) is 1. The molecule has 0 fully saturated rings. The summed E-state index contributed by atoms with van der Waals surface area (Å²) in [5.74, 6) is 0.270. The Kier molecular flexibility index (Phi) is 5.82. The van der Waals surface area contributed by atoms with Crippen LogP contribution in [0.5, 0.6) is 0 Å². The van der Waals surface area contributed by atoms with Crippen molar-refractivity contribution in [1.29, 1.82) is 0 Å². The molecule has 0 amide bonds. The predicted octanol–water partition coefficient (Wildman–Crippen LogP) is 3.79. The molecule has 0 saturated carbocycles. The normalized spacial score (nSPS) is 10.6. The zero-order valence-electron chi connectivity index (χ0n) is 14.3. The average Bonchev–Trinajstić information content (AvgIpc) is 3.14. The number of carbonyl (C=O) groups excluding carboxylic acids is 1. The third-order valence-corrected chi connectivity index (χ3v) is 4.60. The van der Waals surface area contributed by atoms with Crippen molar-refractivity contribution in [2.45, 2.75) is 18.4 Å². The highest BCUT2D eigenvalue weighted by atomic mass is 32.2. The van der Waals surface area contributed by atoms with Crippen LogP contribution in [0.2, 0.25) is 0 Å². The smallest absolute Gasteiger partial charge is 0.316 e. The van der Waals surface area contributed by atoms with Gasteiger partial charge in [0.05, 0.1) is 10.7 Å². The first kappa shape index (κ1) is 18.6. The van der Waals surface area contributed by atoms with E-state index in [1.54, 1.807) is 12.1 Å². The van der Waals surface area contributed by atoms with Gasteiger partial charge in [0.1, 0.15) is 0 Å². The largest absolute Gasteiger partial charge is 0.455 e. The third-order valence-electron chi connectivity index (χ3n) is 3.61. The van der Waals surface area contributed by atoms with E-state index in [1.165, 1.54) is 23.9 Å². The van der Waals surface area contributed by atoms with Crippen molar-refractivity contribution in [1.82, 2.24) is 10.1 Å². The van der Waals surface area contributed by atoms with E-state index in [1.807, 2.05) is 31.2 Å². The number of rotatable bonds is 7. The number of hydrogen-bond acceptors (Lipinski definition) is 8. The van der Waals surface area contributed by atoms with Crippen molar-refractivity contribution >= 4 is 23.4 Å². The van der Waals surface area contributed by atoms with Crippen LogP contribution in [0, 0.1) is 17.0 Å². The maximum absolute atomic E-state index is 11.9. The molecule has 3 aromatic rings. The van der Waals surface area contributed by atoms with Gasteiger partial charge in [-0.25, -0.2) is 0 Å². The minimum Gasteiger partial charge on any atom is -0.455 e. The SMILES string of the molecule is Cc1ccccc1-c1noc(COC(=O)CSc2ccc([N+](=O)[O-])cc2)n1. The number of non-ortho nitro benzene ring substituents is 1. The molecular formula is C18H15N3O5S. The summed E-state index contributed by atoms with van der Waals surface area (Å²) in [5, 5.41) is 14.5. The summed E-state index contributed by atoms with van der Waals surface area (Å²) < 4.78 is 10.2. The van der Waals surface area contributed by atoms with Crippen LogP contribution in [0.25, 0.3) is 11.4 Å². The lowest BCUT2D eigenvalue weighted by Crippen LogP contribution is -2.07. The Bertz CT molecular complexity index is 956. The van der Waals surface area contributed by atoms with Crippen LogP contribution in [0.15, 0.2) is 57.9 Å². The van der Waals surface area contributed by atoms with Crippen molar-refractivity contribution in [3.63, 3.8) is 0 Å². The highest BCUT2D eigenvalue weighted by Crippen LogP contribution is 2.22. The number of nitro benzene ring substituents is 1. The molecule has 0 aliphatic carbocycles. The van der Waals surface area contributed by atoms with Gasteiger partial charge in [-0.1, -0.05) is 29.4 Å². The standard InChI is InChI=1S/C18H15N3O5S/c1-12-4-2-3-5-15(12)18-19-16(26-20-18)10-25-17(22)11-27-14-8-6-13(7-9-14)21(23)24/h2-9H,10-11H2,1H3. The molecule has 8 nitrogen and oxygen atoms in total. The molecule has 0 atom stereocenters. The number of carbonyl (C=O) groups is 1. The zero-order valence-corrected chi connectivity index (χ0v) is 15.1. The molecule has 3 rings (SSSR count). The van der Waals surface area contributed by atoms with Crippen LogP contribution < -0.4 is 0 Å². The lowest BCUT2D eigenvalue weighted by molar-refractivity contribution is -0.384. The number of aromatic nitrogens is 2. The van der Waals surface area contributed by atoms with Gasteiger partial charge in [-0.05, 0) is 24.6 Å². The summed E-state index contributed by atoms with van der Waals surface area (Å²) in [6, 6.07) is 13.6. The molecule has 2 aromatic carbocycles. The van der Waals surface area contributed by atoms with Crippen molar-refractivity contribution in [2.75, 3.05) is 5.75 Å². The molecule has 0 radical (unpaired) electrons.